The minimum Gasteiger partial charge on any atom is -0.480 e. The molecular weight excluding hydrogens is 346 g/mol. The Morgan fingerprint density at radius 2 is 2.20 bits per heavy atom. The predicted octanol–water partition coefficient (Wildman–Crippen LogP) is 2.98. The molecule has 0 bridgehead atoms. The monoisotopic (exact) mass is 361 g/mol. The number of aliphatic carboxylic acids is 1. The van der Waals surface area contributed by atoms with Gasteiger partial charge in [0.2, 0.25) is 0 Å². The fraction of sp³-hybridized carbons (Fsp3) is 0.500. The lowest BCUT2D eigenvalue weighted by atomic mass is 9.64. The summed E-state index contributed by atoms with van der Waals surface area (Å²) >= 11 is 9.23. The first-order valence-corrected chi connectivity index (χ1v) is 7.52. The van der Waals surface area contributed by atoms with Crippen LogP contribution in [0.4, 0.5) is 0 Å². The molecule has 1 aromatic rings. The quantitative estimate of drug-likeness (QED) is 0.770. The molecular formula is C14H17BrClNO3. The van der Waals surface area contributed by atoms with Crippen LogP contribution in [0.1, 0.15) is 31.9 Å². The molecule has 1 aromatic carbocycles. The van der Waals surface area contributed by atoms with E-state index in [0.717, 1.165) is 0 Å². The number of carboxylic acids is 1. The second-order valence-corrected chi connectivity index (χ2v) is 7.00. The summed E-state index contributed by atoms with van der Waals surface area (Å²) in [4.78, 5) is 11.5. The van der Waals surface area contributed by atoms with Crippen molar-refractivity contribution in [1.82, 2.24) is 5.32 Å². The Labute approximate surface area is 131 Å². The van der Waals surface area contributed by atoms with Gasteiger partial charge in [-0.1, -0.05) is 31.5 Å². The summed E-state index contributed by atoms with van der Waals surface area (Å²) in [7, 11) is 0. The molecule has 1 saturated carbocycles. The van der Waals surface area contributed by atoms with Crippen LogP contribution in [0.5, 0.6) is 0 Å². The van der Waals surface area contributed by atoms with E-state index >= 15 is 0 Å². The van der Waals surface area contributed by atoms with Crippen molar-refractivity contribution in [3.05, 3.63) is 33.3 Å². The zero-order valence-corrected chi connectivity index (χ0v) is 13.6. The van der Waals surface area contributed by atoms with E-state index in [1.165, 1.54) is 0 Å². The van der Waals surface area contributed by atoms with Gasteiger partial charge in [-0.25, -0.2) is 0 Å². The molecule has 0 spiro atoms. The second-order valence-electron chi connectivity index (χ2n) is 5.74. The Morgan fingerprint density at radius 1 is 1.55 bits per heavy atom. The Bertz CT molecular complexity index is 535. The van der Waals surface area contributed by atoms with Crippen molar-refractivity contribution >= 4 is 33.5 Å². The van der Waals surface area contributed by atoms with Crippen molar-refractivity contribution in [2.45, 2.75) is 38.5 Å². The Balaban J connectivity index is 2.20. The lowest BCUT2D eigenvalue weighted by Crippen LogP contribution is -2.61. The maximum atomic E-state index is 11.5. The highest BCUT2D eigenvalue weighted by Gasteiger charge is 2.48. The van der Waals surface area contributed by atoms with Crippen LogP contribution >= 0.6 is 27.5 Å². The van der Waals surface area contributed by atoms with Gasteiger partial charge >= 0.3 is 5.97 Å². The van der Waals surface area contributed by atoms with E-state index in [4.69, 9.17) is 11.6 Å². The van der Waals surface area contributed by atoms with Crippen LogP contribution in [0.25, 0.3) is 0 Å². The SMILES string of the molecule is CC1(C)C(O)CC1NC(C(=O)O)c1ccc(Cl)c(Br)c1. The summed E-state index contributed by atoms with van der Waals surface area (Å²) in [6.07, 6.45) is 0.164. The number of rotatable bonds is 4. The van der Waals surface area contributed by atoms with Crippen LogP contribution in [0.2, 0.25) is 5.02 Å². The number of nitrogens with one attached hydrogen (secondary N) is 1. The summed E-state index contributed by atoms with van der Waals surface area (Å²) in [5.41, 5.74) is 0.308. The molecule has 3 atom stereocenters. The first-order valence-electron chi connectivity index (χ1n) is 6.35. The summed E-state index contributed by atoms with van der Waals surface area (Å²) in [6.45, 7) is 3.85. The third-order valence-electron chi connectivity index (χ3n) is 4.11. The summed E-state index contributed by atoms with van der Waals surface area (Å²) in [5.74, 6) is -0.948. The lowest BCUT2D eigenvalue weighted by molar-refractivity contribution is -0.142. The molecule has 1 fully saturated rings. The average Bonchev–Trinajstić information content (AvgIpc) is 2.37. The minimum atomic E-state index is -0.948. The molecule has 1 aliphatic rings. The van der Waals surface area contributed by atoms with Crippen LogP contribution in [-0.4, -0.2) is 28.3 Å². The molecule has 3 unspecified atom stereocenters. The van der Waals surface area contributed by atoms with E-state index in [2.05, 4.69) is 21.2 Å². The number of benzene rings is 1. The normalized spacial score (nSPS) is 25.9. The molecule has 0 amide bonds. The first kappa shape index (κ1) is 15.8. The largest absolute Gasteiger partial charge is 0.480 e. The van der Waals surface area contributed by atoms with E-state index in [9.17, 15) is 15.0 Å². The summed E-state index contributed by atoms with van der Waals surface area (Å²) in [5, 5.41) is 22.8. The maximum Gasteiger partial charge on any atom is 0.325 e. The molecule has 2 rings (SSSR count). The van der Waals surface area contributed by atoms with Gasteiger partial charge in [-0.2, -0.15) is 0 Å². The van der Waals surface area contributed by atoms with Crippen molar-refractivity contribution in [2.75, 3.05) is 0 Å². The smallest absolute Gasteiger partial charge is 0.325 e. The predicted molar refractivity (Wildman–Crippen MR) is 80.9 cm³/mol. The Kier molecular flexibility index (Phi) is 4.44. The van der Waals surface area contributed by atoms with Crippen molar-refractivity contribution in [2.24, 2.45) is 5.41 Å². The third-order valence-corrected chi connectivity index (χ3v) is 5.32. The van der Waals surface area contributed by atoms with Crippen molar-refractivity contribution in [3.8, 4) is 0 Å². The van der Waals surface area contributed by atoms with Crippen LogP contribution < -0.4 is 5.32 Å². The van der Waals surface area contributed by atoms with Crippen LogP contribution in [-0.2, 0) is 4.79 Å². The number of carbonyl (C=O) groups is 1. The highest BCUT2D eigenvalue weighted by atomic mass is 79.9. The molecule has 0 aliphatic heterocycles. The number of hydrogen-bond acceptors (Lipinski definition) is 3. The molecule has 4 nitrogen and oxygen atoms in total. The van der Waals surface area contributed by atoms with Crippen molar-refractivity contribution in [3.63, 3.8) is 0 Å². The van der Waals surface area contributed by atoms with Crippen LogP contribution in [0.15, 0.2) is 22.7 Å². The standard InChI is InChI=1S/C14H17BrClNO3/c1-14(2)10(6-11(14)18)17-12(13(19)20)7-3-4-9(16)8(15)5-7/h3-5,10-12,17-18H,6H2,1-2H3,(H,19,20). The van der Waals surface area contributed by atoms with Gasteiger partial charge in [0.05, 0.1) is 11.1 Å². The average molecular weight is 363 g/mol. The van der Waals surface area contributed by atoms with E-state index in [1.807, 2.05) is 13.8 Å². The highest BCUT2D eigenvalue weighted by molar-refractivity contribution is 9.10. The van der Waals surface area contributed by atoms with Gasteiger partial charge in [-0.15, -0.1) is 0 Å². The molecule has 0 aromatic heterocycles. The number of halogens is 2. The van der Waals surface area contributed by atoms with E-state index < -0.39 is 18.1 Å². The van der Waals surface area contributed by atoms with Gasteiger partial charge in [0.15, 0.2) is 0 Å². The van der Waals surface area contributed by atoms with Gasteiger partial charge in [0.1, 0.15) is 6.04 Å². The van der Waals surface area contributed by atoms with Gasteiger partial charge in [0, 0.05) is 15.9 Å². The third kappa shape index (κ3) is 2.86. The fourth-order valence-electron chi connectivity index (χ4n) is 2.39. The van der Waals surface area contributed by atoms with Gasteiger partial charge < -0.3 is 10.2 Å². The topological polar surface area (TPSA) is 69.6 Å². The number of carboxylic acid groups (broad SMARTS) is 1. The second kappa shape index (κ2) is 5.64. The van der Waals surface area contributed by atoms with E-state index in [1.54, 1.807) is 18.2 Å². The zero-order valence-electron chi connectivity index (χ0n) is 11.2. The molecule has 0 radical (unpaired) electrons. The van der Waals surface area contributed by atoms with Gasteiger partial charge in [-0.3, -0.25) is 10.1 Å². The van der Waals surface area contributed by atoms with Gasteiger partial charge in [0.25, 0.3) is 0 Å². The molecule has 6 heteroatoms. The Morgan fingerprint density at radius 3 is 2.65 bits per heavy atom. The number of aliphatic hydroxyl groups excluding tert-OH is 1. The minimum absolute atomic E-state index is 0.0342. The van der Waals surface area contributed by atoms with Gasteiger partial charge in [-0.05, 0) is 40.0 Å². The van der Waals surface area contributed by atoms with E-state index in [0.29, 0.717) is 21.5 Å². The molecule has 0 saturated heterocycles. The summed E-state index contributed by atoms with van der Waals surface area (Å²) < 4.78 is 0.664. The van der Waals surface area contributed by atoms with E-state index in [-0.39, 0.29) is 11.5 Å². The fourth-order valence-corrected chi connectivity index (χ4v) is 2.90. The maximum absolute atomic E-state index is 11.5. The highest BCUT2D eigenvalue weighted by Crippen LogP contribution is 2.41. The van der Waals surface area contributed by atoms with Crippen molar-refractivity contribution in [1.29, 1.82) is 0 Å². The number of aliphatic hydroxyl groups is 1. The molecule has 1 aliphatic carbocycles. The zero-order chi connectivity index (χ0) is 15.1. The number of hydrogen-bond donors (Lipinski definition) is 3. The van der Waals surface area contributed by atoms with Crippen molar-refractivity contribution < 1.29 is 15.0 Å². The summed E-state index contributed by atoms with van der Waals surface area (Å²) in [6, 6.07) is 4.21. The molecule has 3 N–H and O–H groups in total. The lowest BCUT2D eigenvalue weighted by Gasteiger charge is -2.50. The molecule has 110 valence electrons. The molecule has 20 heavy (non-hydrogen) atoms. The van der Waals surface area contributed by atoms with Crippen LogP contribution in [0, 0.1) is 5.41 Å². The first-order chi connectivity index (χ1) is 9.23. The molecule has 0 heterocycles. The Hall–Kier alpha value is -0.620. The van der Waals surface area contributed by atoms with Crippen LogP contribution in [0.3, 0.4) is 0 Å².